The van der Waals surface area contributed by atoms with Crippen molar-refractivity contribution in [3.8, 4) is 0 Å². The van der Waals surface area contributed by atoms with Gasteiger partial charge in [-0.25, -0.2) is 14.8 Å². The van der Waals surface area contributed by atoms with Crippen LogP contribution in [0.3, 0.4) is 0 Å². The van der Waals surface area contributed by atoms with Crippen LogP contribution in [0.4, 0.5) is 0 Å². The van der Waals surface area contributed by atoms with Gasteiger partial charge in [-0.2, -0.15) is 0 Å². The molecule has 4 nitrogen and oxygen atoms in total. The fourth-order valence-electron chi connectivity index (χ4n) is 0.870. The smallest absolute Gasteiger partial charge is 0.234 e. The zero-order chi connectivity index (χ0) is 9.52. The standard InChI is InChI=1S/C8H10N2O2S/c1-12-4-8-10-7(5-13-8)2-3-9-6-11/h5H,2-4H2,1H3. The van der Waals surface area contributed by atoms with E-state index in [1.165, 1.54) is 6.08 Å². The molecule has 0 aliphatic carbocycles. The highest BCUT2D eigenvalue weighted by Crippen LogP contribution is 2.10. The molecular formula is C8H10N2O2S. The maximum atomic E-state index is 9.77. The van der Waals surface area contributed by atoms with E-state index in [0.29, 0.717) is 19.6 Å². The lowest BCUT2D eigenvalue weighted by Gasteiger charge is -1.90. The Labute approximate surface area is 80.3 Å². The van der Waals surface area contributed by atoms with Crippen molar-refractivity contribution in [2.45, 2.75) is 13.0 Å². The topological polar surface area (TPSA) is 51.6 Å². The van der Waals surface area contributed by atoms with Crippen molar-refractivity contribution in [3.05, 3.63) is 16.1 Å². The molecule has 0 fully saturated rings. The second kappa shape index (κ2) is 5.59. The van der Waals surface area contributed by atoms with Gasteiger partial charge in [-0.1, -0.05) is 0 Å². The number of carbonyl (C=O) groups excluding carboxylic acids is 1. The van der Waals surface area contributed by atoms with E-state index < -0.39 is 0 Å². The molecule has 1 heterocycles. The van der Waals surface area contributed by atoms with Crippen molar-refractivity contribution in [1.82, 2.24) is 4.98 Å². The second-order valence-electron chi connectivity index (χ2n) is 2.39. The normalized spacial score (nSPS) is 9.62. The predicted octanol–water partition coefficient (Wildman–Crippen LogP) is 1.17. The lowest BCUT2D eigenvalue weighted by atomic mass is 10.3. The fraction of sp³-hybridized carbons (Fsp3) is 0.500. The summed E-state index contributed by atoms with van der Waals surface area (Å²) in [6, 6.07) is 0. The van der Waals surface area contributed by atoms with Crippen LogP contribution < -0.4 is 0 Å². The number of thiazole rings is 1. The third kappa shape index (κ3) is 3.46. The van der Waals surface area contributed by atoms with Crippen molar-refractivity contribution in [2.24, 2.45) is 4.99 Å². The molecule has 1 rings (SSSR count). The molecule has 1 aromatic rings. The van der Waals surface area contributed by atoms with E-state index in [-0.39, 0.29) is 0 Å². The highest BCUT2D eigenvalue weighted by Gasteiger charge is 2.00. The van der Waals surface area contributed by atoms with Gasteiger partial charge in [0, 0.05) is 18.9 Å². The Bertz CT molecular complexity index is 305. The lowest BCUT2D eigenvalue weighted by Crippen LogP contribution is -1.91. The number of rotatable bonds is 5. The number of ether oxygens (including phenoxy) is 1. The van der Waals surface area contributed by atoms with E-state index in [1.54, 1.807) is 18.4 Å². The molecule has 0 aliphatic heterocycles. The number of methoxy groups -OCH3 is 1. The summed E-state index contributed by atoms with van der Waals surface area (Å²) >= 11 is 1.56. The first kappa shape index (κ1) is 10.1. The minimum atomic E-state index is 0.458. The van der Waals surface area contributed by atoms with Crippen LogP contribution in [0.1, 0.15) is 10.7 Å². The molecular weight excluding hydrogens is 188 g/mol. The van der Waals surface area contributed by atoms with Gasteiger partial charge >= 0.3 is 0 Å². The Morgan fingerprint density at radius 2 is 2.62 bits per heavy atom. The Balaban J connectivity index is 2.43. The minimum absolute atomic E-state index is 0.458. The second-order valence-corrected chi connectivity index (χ2v) is 3.33. The van der Waals surface area contributed by atoms with E-state index in [1.807, 2.05) is 5.38 Å². The van der Waals surface area contributed by atoms with E-state index in [4.69, 9.17) is 4.74 Å². The van der Waals surface area contributed by atoms with Gasteiger partial charge in [-0.3, -0.25) is 0 Å². The van der Waals surface area contributed by atoms with Crippen molar-refractivity contribution in [1.29, 1.82) is 0 Å². The summed E-state index contributed by atoms with van der Waals surface area (Å²) in [4.78, 5) is 17.5. The monoisotopic (exact) mass is 198 g/mol. The van der Waals surface area contributed by atoms with Crippen molar-refractivity contribution in [2.75, 3.05) is 13.7 Å². The van der Waals surface area contributed by atoms with Gasteiger partial charge in [-0.05, 0) is 0 Å². The molecule has 13 heavy (non-hydrogen) atoms. The summed E-state index contributed by atoms with van der Waals surface area (Å²) in [6.07, 6.45) is 2.19. The van der Waals surface area contributed by atoms with E-state index in [2.05, 4.69) is 9.98 Å². The van der Waals surface area contributed by atoms with E-state index in [9.17, 15) is 4.79 Å². The average Bonchev–Trinajstić information content (AvgIpc) is 2.54. The van der Waals surface area contributed by atoms with Gasteiger partial charge < -0.3 is 4.74 Å². The maximum absolute atomic E-state index is 9.77. The molecule has 0 radical (unpaired) electrons. The van der Waals surface area contributed by atoms with Crippen LogP contribution in [0.2, 0.25) is 0 Å². The fourth-order valence-corrected chi connectivity index (χ4v) is 1.67. The number of hydrogen-bond acceptors (Lipinski definition) is 5. The molecule has 1 aromatic heterocycles. The molecule has 0 N–H and O–H groups in total. The summed E-state index contributed by atoms with van der Waals surface area (Å²) in [5.41, 5.74) is 0.955. The molecule has 0 saturated heterocycles. The molecule has 0 aliphatic rings. The van der Waals surface area contributed by atoms with Crippen LogP contribution in [0.25, 0.3) is 0 Å². The molecule has 0 spiro atoms. The Morgan fingerprint density at radius 3 is 3.31 bits per heavy atom. The zero-order valence-corrected chi connectivity index (χ0v) is 8.13. The van der Waals surface area contributed by atoms with Crippen molar-refractivity contribution in [3.63, 3.8) is 0 Å². The molecule has 70 valence electrons. The first-order valence-electron chi connectivity index (χ1n) is 3.82. The van der Waals surface area contributed by atoms with Crippen LogP contribution in [-0.2, 0) is 22.6 Å². The first-order valence-corrected chi connectivity index (χ1v) is 4.70. The highest BCUT2D eigenvalue weighted by atomic mass is 32.1. The van der Waals surface area contributed by atoms with Crippen LogP contribution >= 0.6 is 11.3 Å². The van der Waals surface area contributed by atoms with Crippen LogP contribution in [-0.4, -0.2) is 24.7 Å². The summed E-state index contributed by atoms with van der Waals surface area (Å²) in [5.74, 6) is 0. The van der Waals surface area contributed by atoms with Gasteiger partial charge in [0.25, 0.3) is 0 Å². The number of aliphatic imine (C=N–C) groups is 1. The Morgan fingerprint density at radius 1 is 1.77 bits per heavy atom. The first-order chi connectivity index (χ1) is 6.36. The van der Waals surface area contributed by atoms with Crippen molar-refractivity contribution >= 4 is 17.4 Å². The Hall–Kier alpha value is -1.03. The van der Waals surface area contributed by atoms with Crippen molar-refractivity contribution < 1.29 is 9.53 Å². The third-order valence-electron chi connectivity index (χ3n) is 1.41. The van der Waals surface area contributed by atoms with E-state index >= 15 is 0 Å². The zero-order valence-electron chi connectivity index (χ0n) is 7.32. The summed E-state index contributed by atoms with van der Waals surface area (Å²) in [6.45, 7) is 1.00. The molecule has 0 saturated carbocycles. The highest BCUT2D eigenvalue weighted by molar-refractivity contribution is 7.09. The van der Waals surface area contributed by atoms with Crippen LogP contribution in [0.15, 0.2) is 10.4 Å². The molecule has 5 heteroatoms. The minimum Gasteiger partial charge on any atom is -0.378 e. The summed E-state index contributed by atoms with van der Waals surface area (Å²) in [7, 11) is 1.64. The molecule has 0 bridgehead atoms. The average molecular weight is 198 g/mol. The number of aromatic nitrogens is 1. The number of nitrogens with zero attached hydrogens (tertiary/aromatic N) is 2. The van der Waals surface area contributed by atoms with Gasteiger partial charge in [0.2, 0.25) is 6.08 Å². The van der Waals surface area contributed by atoms with Gasteiger partial charge in [0.1, 0.15) is 5.01 Å². The molecule has 0 unspecified atom stereocenters. The largest absolute Gasteiger partial charge is 0.378 e. The van der Waals surface area contributed by atoms with E-state index in [0.717, 1.165) is 10.7 Å². The molecule has 0 aromatic carbocycles. The maximum Gasteiger partial charge on any atom is 0.234 e. The molecule has 0 amide bonds. The summed E-state index contributed by atoms with van der Waals surface area (Å²) < 4.78 is 4.93. The van der Waals surface area contributed by atoms with Gasteiger partial charge in [0.15, 0.2) is 0 Å². The molecule has 0 atom stereocenters. The van der Waals surface area contributed by atoms with Crippen LogP contribution in [0, 0.1) is 0 Å². The number of hydrogen-bond donors (Lipinski definition) is 0. The van der Waals surface area contributed by atoms with Gasteiger partial charge in [-0.15, -0.1) is 11.3 Å². The predicted molar refractivity (Wildman–Crippen MR) is 49.5 cm³/mol. The SMILES string of the molecule is COCc1nc(CCN=C=O)cs1. The Kier molecular flexibility index (Phi) is 4.32. The lowest BCUT2D eigenvalue weighted by molar-refractivity contribution is 0.184. The van der Waals surface area contributed by atoms with Crippen LogP contribution in [0.5, 0.6) is 0 Å². The van der Waals surface area contributed by atoms with Gasteiger partial charge in [0.05, 0.1) is 18.8 Å². The quantitative estimate of drug-likeness (QED) is 0.527. The number of isocyanates is 1. The summed E-state index contributed by atoms with van der Waals surface area (Å²) in [5, 5.41) is 2.90. The third-order valence-corrected chi connectivity index (χ3v) is 2.28.